The lowest BCUT2D eigenvalue weighted by Crippen LogP contribution is -2.55. The number of carbonyl (C=O) groups excluding carboxylic acids is 2. The maximum absolute atomic E-state index is 14.3. The lowest BCUT2D eigenvalue weighted by Gasteiger charge is -2.40. The second-order valence-electron chi connectivity index (χ2n) is 10.3. The van der Waals surface area contributed by atoms with E-state index in [1.165, 1.54) is 0 Å². The number of hydrogen-bond acceptors (Lipinski definition) is 5. The van der Waals surface area contributed by atoms with Crippen molar-refractivity contribution in [1.29, 1.82) is 0 Å². The van der Waals surface area contributed by atoms with Crippen LogP contribution in [-0.2, 0) is 19.6 Å². The second kappa shape index (κ2) is 11.0. The molecular formula is C29H30Cl2N4O4S. The number of aryl methyl sites for hydroxylation is 3. The Kier molecular flexibility index (Phi) is 7.74. The zero-order valence-corrected chi connectivity index (χ0v) is 24.8. The molecule has 8 nitrogen and oxygen atoms in total. The first-order valence-corrected chi connectivity index (χ1v) is 15.2. The summed E-state index contributed by atoms with van der Waals surface area (Å²) in [5.74, 6) is -0.828. The monoisotopic (exact) mass is 600 g/mol. The molecule has 1 atom stereocenters. The van der Waals surface area contributed by atoms with Gasteiger partial charge in [-0.15, -0.1) is 0 Å². The molecule has 1 fully saturated rings. The molecule has 40 heavy (non-hydrogen) atoms. The van der Waals surface area contributed by atoms with Crippen molar-refractivity contribution in [2.24, 2.45) is 0 Å². The van der Waals surface area contributed by atoms with Crippen molar-refractivity contribution in [1.82, 2.24) is 4.90 Å². The van der Waals surface area contributed by atoms with Gasteiger partial charge in [0.05, 0.1) is 22.7 Å². The highest BCUT2D eigenvalue weighted by molar-refractivity contribution is 7.93. The van der Waals surface area contributed by atoms with Crippen molar-refractivity contribution in [2.45, 2.75) is 38.1 Å². The van der Waals surface area contributed by atoms with Gasteiger partial charge in [-0.05, 0) is 62.2 Å². The molecule has 2 aliphatic rings. The van der Waals surface area contributed by atoms with Gasteiger partial charge in [0.15, 0.2) is 0 Å². The summed E-state index contributed by atoms with van der Waals surface area (Å²) in [5, 5.41) is 3.86. The third-order valence-corrected chi connectivity index (χ3v) is 9.88. The van der Waals surface area contributed by atoms with Gasteiger partial charge in [-0.3, -0.25) is 13.9 Å². The van der Waals surface area contributed by atoms with Gasteiger partial charge in [-0.25, -0.2) is 8.42 Å². The number of benzene rings is 3. The number of carbonyl (C=O) groups is 2. The normalized spacial score (nSPS) is 17.5. The molecule has 2 amide bonds. The molecule has 3 aromatic carbocycles. The molecule has 3 aromatic rings. The topological polar surface area (TPSA) is 90.0 Å². The number of nitrogens with one attached hydrogen (secondary N) is 1. The minimum atomic E-state index is -4.20. The van der Waals surface area contributed by atoms with Crippen LogP contribution >= 0.6 is 23.2 Å². The van der Waals surface area contributed by atoms with E-state index >= 15 is 0 Å². The summed E-state index contributed by atoms with van der Waals surface area (Å²) in [5.41, 5.74) is 3.70. The van der Waals surface area contributed by atoms with Crippen LogP contribution in [-0.4, -0.2) is 57.4 Å². The summed E-state index contributed by atoms with van der Waals surface area (Å²) in [7, 11) is -4.20. The minimum absolute atomic E-state index is 0.147. The van der Waals surface area contributed by atoms with Crippen LogP contribution in [0, 0.1) is 20.8 Å². The molecule has 0 spiro atoms. The molecule has 1 saturated heterocycles. The SMILES string of the molecule is Cc1cc(C)c(S(=O)(=O)N2c3ccccc3NC(=O)C2CC(=O)N2CCN(c3cc(Cl)cc(Cl)c3)CC2)c(C)c1. The predicted octanol–water partition coefficient (Wildman–Crippen LogP) is 5.17. The first kappa shape index (κ1) is 28.3. The Balaban J connectivity index is 1.42. The van der Waals surface area contributed by atoms with Crippen molar-refractivity contribution in [3.8, 4) is 0 Å². The molecule has 2 heterocycles. The summed E-state index contributed by atoms with van der Waals surface area (Å²) in [6, 6.07) is 14.4. The molecule has 0 bridgehead atoms. The van der Waals surface area contributed by atoms with E-state index in [0.29, 0.717) is 58.7 Å². The lowest BCUT2D eigenvalue weighted by atomic mass is 10.1. The molecule has 0 saturated carbocycles. The number of amides is 2. The number of para-hydroxylation sites is 2. The molecule has 5 rings (SSSR count). The van der Waals surface area contributed by atoms with Crippen LogP contribution in [0.15, 0.2) is 59.5 Å². The number of halogens is 2. The van der Waals surface area contributed by atoms with Crippen LogP contribution in [0.3, 0.4) is 0 Å². The Morgan fingerprint density at radius 3 is 2.15 bits per heavy atom. The van der Waals surface area contributed by atoms with E-state index in [2.05, 4.69) is 10.2 Å². The van der Waals surface area contributed by atoms with Gasteiger partial charge in [-0.1, -0.05) is 53.0 Å². The number of sulfonamides is 1. The van der Waals surface area contributed by atoms with Crippen molar-refractivity contribution in [2.75, 3.05) is 40.7 Å². The first-order valence-electron chi connectivity index (χ1n) is 13.0. The van der Waals surface area contributed by atoms with Crippen LogP contribution in [0.4, 0.5) is 17.1 Å². The van der Waals surface area contributed by atoms with Crippen LogP contribution in [0.5, 0.6) is 0 Å². The average Bonchev–Trinajstić information content (AvgIpc) is 2.87. The smallest absolute Gasteiger partial charge is 0.265 e. The third-order valence-electron chi connectivity index (χ3n) is 7.32. The fourth-order valence-electron chi connectivity index (χ4n) is 5.64. The van der Waals surface area contributed by atoms with Crippen LogP contribution in [0.2, 0.25) is 10.0 Å². The molecule has 1 N–H and O–H groups in total. The summed E-state index contributed by atoms with van der Waals surface area (Å²) in [6.07, 6.45) is -0.285. The van der Waals surface area contributed by atoms with Gasteiger partial charge in [0.25, 0.3) is 10.0 Å². The molecule has 11 heteroatoms. The standard InChI is InChI=1S/C29H30Cl2N4O4S/c1-18-12-19(2)28(20(3)13-18)40(38,39)35-25-7-5-4-6-24(25)32-29(37)26(35)17-27(36)34-10-8-33(9-11-34)23-15-21(30)14-22(31)16-23/h4-7,12-16,26H,8-11,17H2,1-3H3,(H,32,37). The van der Waals surface area contributed by atoms with Crippen molar-refractivity contribution in [3.05, 3.63) is 81.3 Å². The minimum Gasteiger partial charge on any atom is -0.368 e. The van der Waals surface area contributed by atoms with Crippen LogP contribution < -0.4 is 14.5 Å². The summed E-state index contributed by atoms with van der Waals surface area (Å²) < 4.78 is 29.7. The fourth-order valence-corrected chi connectivity index (χ4v) is 8.20. The Hall–Kier alpha value is -3.27. The Bertz CT molecular complexity index is 1560. The van der Waals surface area contributed by atoms with Crippen molar-refractivity contribution < 1.29 is 18.0 Å². The highest BCUT2D eigenvalue weighted by Crippen LogP contribution is 2.39. The Morgan fingerprint density at radius 1 is 0.925 bits per heavy atom. The average molecular weight is 602 g/mol. The van der Waals surface area contributed by atoms with Gasteiger partial charge in [0.2, 0.25) is 11.8 Å². The largest absolute Gasteiger partial charge is 0.368 e. The molecule has 0 aromatic heterocycles. The van der Waals surface area contributed by atoms with Crippen molar-refractivity contribution in [3.63, 3.8) is 0 Å². The van der Waals surface area contributed by atoms with Gasteiger partial charge in [0.1, 0.15) is 6.04 Å². The molecule has 0 aliphatic carbocycles. The molecule has 0 radical (unpaired) electrons. The van der Waals surface area contributed by atoms with Crippen LogP contribution in [0.1, 0.15) is 23.1 Å². The van der Waals surface area contributed by atoms with E-state index in [0.717, 1.165) is 15.6 Å². The van der Waals surface area contributed by atoms with Gasteiger partial charge in [-0.2, -0.15) is 0 Å². The summed E-state index contributed by atoms with van der Waals surface area (Å²) in [6.45, 7) is 7.32. The summed E-state index contributed by atoms with van der Waals surface area (Å²) in [4.78, 5) is 30.8. The highest BCUT2D eigenvalue weighted by Gasteiger charge is 2.43. The van der Waals surface area contributed by atoms with E-state index in [9.17, 15) is 18.0 Å². The van der Waals surface area contributed by atoms with E-state index in [4.69, 9.17) is 23.2 Å². The lowest BCUT2D eigenvalue weighted by molar-refractivity contribution is -0.133. The van der Waals surface area contributed by atoms with E-state index in [1.54, 1.807) is 49.1 Å². The quantitative estimate of drug-likeness (QED) is 0.436. The first-order chi connectivity index (χ1) is 19.0. The fraction of sp³-hybridized carbons (Fsp3) is 0.310. The van der Waals surface area contributed by atoms with Crippen molar-refractivity contribution >= 4 is 62.1 Å². The zero-order chi connectivity index (χ0) is 28.8. The number of anilines is 3. The summed E-state index contributed by atoms with van der Waals surface area (Å²) >= 11 is 12.3. The zero-order valence-electron chi connectivity index (χ0n) is 22.4. The maximum atomic E-state index is 14.3. The number of hydrogen-bond donors (Lipinski definition) is 1. The molecule has 2 aliphatic heterocycles. The predicted molar refractivity (Wildman–Crippen MR) is 159 cm³/mol. The van der Waals surface area contributed by atoms with E-state index in [1.807, 2.05) is 31.2 Å². The highest BCUT2D eigenvalue weighted by atomic mass is 35.5. The second-order valence-corrected chi connectivity index (χ2v) is 12.9. The van der Waals surface area contributed by atoms with E-state index in [-0.39, 0.29) is 17.2 Å². The van der Waals surface area contributed by atoms with Gasteiger partial charge < -0.3 is 15.1 Å². The number of nitrogens with zero attached hydrogens (tertiary/aromatic N) is 3. The molecular weight excluding hydrogens is 571 g/mol. The Morgan fingerprint density at radius 2 is 1.52 bits per heavy atom. The van der Waals surface area contributed by atoms with Gasteiger partial charge in [0, 0.05) is 41.9 Å². The molecule has 210 valence electrons. The molecule has 1 unspecified atom stereocenters. The number of fused-ring (bicyclic) bond motifs is 1. The van der Waals surface area contributed by atoms with Gasteiger partial charge >= 0.3 is 0 Å². The maximum Gasteiger partial charge on any atom is 0.265 e. The third kappa shape index (κ3) is 5.38. The number of piperazine rings is 1. The van der Waals surface area contributed by atoms with E-state index < -0.39 is 22.0 Å². The Labute approximate surface area is 244 Å². The van der Waals surface area contributed by atoms with Crippen LogP contribution in [0.25, 0.3) is 0 Å². The number of rotatable bonds is 5.